The van der Waals surface area contributed by atoms with Gasteiger partial charge in [-0.2, -0.15) is 0 Å². The van der Waals surface area contributed by atoms with E-state index in [4.69, 9.17) is 5.73 Å². The quantitative estimate of drug-likeness (QED) is 0.877. The van der Waals surface area contributed by atoms with Gasteiger partial charge in [-0.3, -0.25) is 4.90 Å². The number of thiazole rings is 1. The lowest BCUT2D eigenvalue weighted by atomic mass is 9.94. The second kappa shape index (κ2) is 6.47. The molecule has 1 saturated carbocycles. The van der Waals surface area contributed by atoms with E-state index < -0.39 is 0 Å². The van der Waals surface area contributed by atoms with Gasteiger partial charge in [0.2, 0.25) is 0 Å². The summed E-state index contributed by atoms with van der Waals surface area (Å²) in [6.45, 7) is 4.95. The highest BCUT2D eigenvalue weighted by Crippen LogP contribution is 2.24. The second-order valence-electron chi connectivity index (χ2n) is 4.79. The number of nitrogens with two attached hydrogens (primary N) is 1. The molecule has 0 saturated heterocycles. The van der Waals surface area contributed by atoms with Crippen LogP contribution in [0.3, 0.4) is 0 Å². The molecule has 2 rings (SSSR count). The van der Waals surface area contributed by atoms with Crippen LogP contribution in [0.2, 0.25) is 0 Å². The van der Waals surface area contributed by atoms with Crippen LogP contribution in [0, 0.1) is 0 Å². The Bertz CT molecular complexity index is 331. The maximum absolute atomic E-state index is 5.60. The van der Waals surface area contributed by atoms with Crippen molar-refractivity contribution in [2.24, 2.45) is 5.73 Å². The molecular formula is C13H23N3S. The van der Waals surface area contributed by atoms with Crippen LogP contribution in [0.4, 0.5) is 0 Å². The van der Waals surface area contributed by atoms with E-state index in [9.17, 15) is 0 Å². The molecule has 1 aliphatic carbocycles. The Hall–Kier alpha value is -0.450. The first-order valence-electron chi connectivity index (χ1n) is 6.71. The molecule has 1 aromatic rings. The van der Waals surface area contributed by atoms with Gasteiger partial charge in [-0.05, 0) is 19.4 Å². The van der Waals surface area contributed by atoms with Crippen molar-refractivity contribution in [1.82, 2.24) is 9.88 Å². The first kappa shape index (κ1) is 13.0. The SMILES string of the molecule is CCN(Cc1csc(CN)n1)C1CCCCC1. The number of aromatic nitrogens is 1. The summed E-state index contributed by atoms with van der Waals surface area (Å²) in [5.74, 6) is 0. The molecule has 0 amide bonds. The molecule has 1 heterocycles. The van der Waals surface area contributed by atoms with Crippen molar-refractivity contribution >= 4 is 11.3 Å². The zero-order valence-corrected chi connectivity index (χ0v) is 11.5. The lowest BCUT2D eigenvalue weighted by Gasteiger charge is -2.33. The predicted molar refractivity (Wildman–Crippen MR) is 73.0 cm³/mol. The molecule has 3 nitrogen and oxygen atoms in total. The number of hydrogen-bond acceptors (Lipinski definition) is 4. The summed E-state index contributed by atoms with van der Waals surface area (Å²) in [5.41, 5.74) is 6.80. The van der Waals surface area contributed by atoms with Gasteiger partial charge < -0.3 is 5.73 Å². The van der Waals surface area contributed by atoms with Crippen molar-refractivity contribution in [3.05, 3.63) is 16.1 Å². The van der Waals surface area contributed by atoms with Crippen molar-refractivity contribution in [3.8, 4) is 0 Å². The van der Waals surface area contributed by atoms with Gasteiger partial charge in [0.15, 0.2) is 0 Å². The molecule has 0 unspecified atom stereocenters. The molecule has 0 atom stereocenters. The molecule has 0 aromatic carbocycles. The fourth-order valence-corrected chi connectivity index (χ4v) is 3.33. The molecule has 96 valence electrons. The Morgan fingerprint density at radius 1 is 1.41 bits per heavy atom. The number of nitrogens with zero attached hydrogens (tertiary/aromatic N) is 2. The standard InChI is InChI=1S/C13H23N3S/c1-2-16(12-6-4-3-5-7-12)9-11-10-17-13(8-14)15-11/h10,12H,2-9,14H2,1H3. The molecular weight excluding hydrogens is 230 g/mol. The van der Waals surface area contributed by atoms with E-state index in [1.807, 2.05) is 0 Å². The number of hydrogen-bond donors (Lipinski definition) is 1. The second-order valence-corrected chi connectivity index (χ2v) is 5.73. The largest absolute Gasteiger partial charge is 0.325 e. The van der Waals surface area contributed by atoms with Crippen molar-refractivity contribution < 1.29 is 0 Å². The minimum absolute atomic E-state index is 0.570. The lowest BCUT2D eigenvalue weighted by Crippen LogP contribution is -2.36. The van der Waals surface area contributed by atoms with Gasteiger partial charge in [0.25, 0.3) is 0 Å². The van der Waals surface area contributed by atoms with E-state index in [2.05, 4.69) is 22.2 Å². The third-order valence-corrected chi connectivity index (χ3v) is 4.56. The Morgan fingerprint density at radius 3 is 2.76 bits per heavy atom. The average Bonchev–Trinajstić information content (AvgIpc) is 2.84. The zero-order chi connectivity index (χ0) is 12.1. The fraction of sp³-hybridized carbons (Fsp3) is 0.769. The van der Waals surface area contributed by atoms with Crippen molar-refractivity contribution in [1.29, 1.82) is 0 Å². The molecule has 2 N–H and O–H groups in total. The highest BCUT2D eigenvalue weighted by Gasteiger charge is 2.20. The molecule has 1 aliphatic rings. The van der Waals surface area contributed by atoms with Crippen LogP contribution in [-0.2, 0) is 13.1 Å². The Balaban J connectivity index is 1.93. The summed E-state index contributed by atoms with van der Waals surface area (Å²) in [6.07, 6.45) is 6.93. The normalized spacial score (nSPS) is 17.8. The van der Waals surface area contributed by atoms with Crippen LogP contribution < -0.4 is 5.73 Å². The molecule has 0 aliphatic heterocycles. The highest BCUT2D eigenvalue weighted by atomic mass is 32.1. The number of rotatable bonds is 5. The lowest BCUT2D eigenvalue weighted by molar-refractivity contribution is 0.154. The van der Waals surface area contributed by atoms with Crippen LogP contribution >= 0.6 is 11.3 Å². The molecule has 1 fully saturated rings. The van der Waals surface area contributed by atoms with E-state index in [1.54, 1.807) is 11.3 Å². The van der Waals surface area contributed by atoms with Gasteiger partial charge in [-0.15, -0.1) is 11.3 Å². The smallest absolute Gasteiger partial charge is 0.106 e. The average molecular weight is 253 g/mol. The molecule has 1 aromatic heterocycles. The maximum Gasteiger partial charge on any atom is 0.106 e. The Morgan fingerprint density at radius 2 is 2.18 bits per heavy atom. The summed E-state index contributed by atoms with van der Waals surface area (Å²) in [7, 11) is 0. The summed E-state index contributed by atoms with van der Waals surface area (Å²) in [4.78, 5) is 7.14. The van der Waals surface area contributed by atoms with E-state index in [0.717, 1.165) is 24.1 Å². The van der Waals surface area contributed by atoms with Gasteiger partial charge in [0.1, 0.15) is 5.01 Å². The van der Waals surface area contributed by atoms with Crippen molar-refractivity contribution in [3.63, 3.8) is 0 Å². The van der Waals surface area contributed by atoms with E-state index >= 15 is 0 Å². The van der Waals surface area contributed by atoms with Crippen LogP contribution in [0.5, 0.6) is 0 Å². The van der Waals surface area contributed by atoms with E-state index in [0.29, 0.717) is 6.54 Å². The van der Waals surface area contributed by atoms with Gasteiger partial charge in [-0.1, -0.05) is 26.2 Å². The van der Waals surface area contributed by atoms with E-state index in [-0.39, 0.29) is 0 Å². The van der Waals surface area contributed by atoms with Gasteiger partial charge in [0, 0.05) is 24.5 Å². The van der Waals surface area contributed by atoms with Crippen molar-refractivity contribution in [2.45, 2.75) is 58.2 Å². The molecule has 4 heteroatoms. The minimum atomic E-state index is 0.570. The summed E-state index contributed by atoms with van der Waals surface area (Å²) in [5, 5.41) is 3.22. The van der Waals surface area contributed by atoms with Gasteiger partial charge in [-0.25, -0.2) is 4.98 Å². The molecule has 0 spiro atoms. The van der Waals surface area contributed by atoms with Crippen LogP contribution in [0.1, 0.15) is 49.7 Å². The van der Waals surface area contributed by atoms with Crippen molar-refractivity contribution in [2.75, 3.05) is 6.54 Å². The van der Waals surface area contributed by atoms with Crippen LogP contribution in [0.15, 0.2) is 5.38 Å². The summed E-state index contributed by atoms with van der Waals surface area (Å²) < 4.78 is 0. The zero-order valence-electron chi connectivity index (χ0n) is 10.7. The minimum Gasteiger partial charge on any atom is -0.325 e. The Kier molecular flexibility index (Phi) is 4.95. The van der Waals surface area contributed by atoms with Gasteiger partial charge in [0.05, 0.1) is 5.69 Å². The monoisotopic (exact) mass is 253 g/mol. The predicted octanol–water partition coefficient (Wildman–Crippen LogP) is 2.76. The first-order valence-corrected chi connectivity index (χ1v) is 7.58. The molecule has 17 heavy (non-hydrogen) atoms. The molecule has 0 bridgehead atoms. The third-order valence-electron chi connectivity index (χ3n) is 3.64. The Labute approximate surface area is 108 Å². The van der Waals surface area contributed by atoms with Gasteiger partial charge >= 0.3 is 0 Å². The topological polar surface area (TPSA) is 42.1 Å². The van der Waals surface area contributed by atoms with Crippen LogP contribution in [0.25, 0.3) is 0 Å². The summed E-state index contributed by atoms with van der Waals surface area (Å²) in [6, 6.07) is 0.775. The fourth-order valence-electron chi connectivity index (χ4n) is 2.67. The maximum atomic E-state index is 5.60. The van der Waals surface area contributed by atoms with E-state index in [1.165, 1.54) is 37.8 Å². The van der Waals surface area contributed by atoms with Crippen LogP contribution in [-0.4, -0.2) is 22.5 Å². The first-order chi connectivity index (χ1) is 8.33. The summed E-state index contributed by atoms with van der Waals surface area (Å²) >= 11 is 1.69. The third kappa shape index (κ3) is 3.50. The highest BCUT2D eigenvalue weighted by molar-refractivity contribution is 7.09. The molecule has 0 radical (unpaired) electrons.